The van der Waals surface area contributed by atoms with Crippen LogP contribution in [0.25, 0.3) is 0 Å². The number of carboxylic acids is 1. The molecular formula is C20H32IN5O16P-. The fourth-order valence-electron chi connectivity index (χ4n) is 4.44. The van der Waals surface area contributed by atoms with E-state index >= 15 is 0 Å². The molecule has 11 atom stereocenters. The quantitative estimate of drug-likeness (QED) is 0.0506. The molecule has 0 bridgehead atoms. The number of nitrogens with two attached hydrogens (primary N) is 2. The number of aliphatic hydroxyl groups excluding tert-OH is 5. The summed E-state index contributed by atoms with van der Waals surface area (Å²) in [5.41, 5.74) is 9.64. The zero-order valence-corrected chi connectivity index (χ0v) is 24.9. The molecular weight excluding hydrogens is 724 g/mol. The average Bonchev–Trinajstić information content (AvgIpc) is 3.19. The minimum absolute atomic E-state index is 0.177. The Labute approximate surface area is 252 Å². The van der Waals surface area contributed by atoms with E-state index in [1.54, 1.807) is 0 Å². The summed E-state index contributed by atoms with van der Waals surface area (Å²) in [5, 5.41) is 63.7. The van der Waals surface area contributed by atoms with Crippen molar-refractivity contribution in [2.24, 2.45) is 11.7 Å². The molecule has 0 aromatic carbocycles. The van der Waals surface area contributed by atoms with Crippen LogP contribution in [0.4, 0.5) is 5.82 Å². The number of amides is 1. The molecule has 0 spiro atoms. The van der Waals surface area contributed by atoms with Gasteiger partial charge in [0, 0.05) is 0 Å². The molecule has 23 heteroatoms. The van der Waals surface area contributed by atoms with Gasteiger partial charge >= 0.3 is 225 Å². The molecule has 4 unspecified atom stereocenters. The number of phosphoric ester groups is 1. The van der Waals surface area contributed by atoms with Crippen molar-refractivity contribution in [3.63, 3.8) is 0 Å². The van der Waals surface area contributed by atoms with E-state index in [1.165, 1.54) is 0 Å². The van der Waals surface area contributed by atoms with E-state index < -0.39 is 132 Å². The van der Waals surface area contributed by atoms with E-state index in [1.807, 2.05) is 0 Å². The summed E-state index contributed by atoms with van der Waals surface area (Å²) in [7, 11) is -5.70. The van der Waals surface area contributed by atoms with Crippen molar-refractivity contribution in [3.8, 4) is 0 Å². The van der Waals surface area contributed by atoms with Gasteiger partial charge in [0.15, 0.2) is 0 Å². The molecule has 1 amide bonds. The van der Waals surface area contributed by atoms with E-state index in [2.05, 4.69) is 10.3 Å². The van der Waals surface area contributed by atoms with Crippen molar-refractivity contribution in [1.29, 1.82) is 0 Å². The fourth-order valence-corrected chi connectivity index (χ4v) is 7.08. The molecule has 43 heavy (non-hydrogen) atoms. The molecule has 13 N–H and O–H groups in total. The molecule has 246 valence electrons. The van der Waals surface area contributed by atoms with Crippen LogP contribution >= 0.6 is 7.82 Å². The van der Waals surface area contributed by atoms with Crippen molar-refractivity contribution in [3.05, 3.63) is 22.7 Å². The molecule has 1 aromatic rings. The summed E-state index contributed by atoms with van der Waals surface area (Å²) in [5.74, 6) is -7.38. The number of anilines is 1. The van der Waals surface area contributed by atoms with Gasteiger partial charge in [-0.05, 0) is 6.07 Å². The first kappa shape index (κ1) is 35.6. The Morgan fingerprint density at radius 3 is 2.56 bits per heavy atom. The average molecular weight is 756 g/mol. The molecule has 1 aromatic heterocycles. The Morgan fingerprint density at radius 2 is 2.00 bits per heavy atom. The number of halogens is 1. The zero-order chi connectivity index (χ0) is 32.3. The second kappa shape index (κ2) is 14.5. The van der Waals surface area contributed by atoms with Crippen molar-refractivity contribution < 1.29 is 93.3 Å². The molecule has 3 heterocycles. The molecule has 2 saturated heterocycles. The zero-order valence-electron chi connectivity index (χ0n) is 21.9. The van der Waals surface area contributed by atoms with E-state index in [0.29, 0.717) is 4.57 Å². The molecule has 2 aliphatic rings. The third-order valence-electron chi connectivity index (χ3n) is 6.57. The first-order valence-corrected chi connectivity index (χ1v) is 16.0. The molecule has 0 radical (unpaired) electrons. The van der Waals surface area contributed by atoms with Crippen LogP contribution in [-0.2, 0) is 32.7 Å². The first-order valence-electron chi connectivity index (χ1n) is 12.3. The topological polar surface area (TPSA) is 349 Å². The van der Waals surface area contributed by atoms with Crippen LogP contribution in [0.5, 0.6) is 0 Å². The van der Waals surface area contributed by atoms with E-state index in [4.69, 9.17) is 30.0 Å². The Morgan fingerprint density at radius 1 is 1.33 bits per heavy atom. The normalized spacial score (nSPS) is 33.9. The maximum absolute atomic E-state index is 13.0. The number of aromatic nitrogens is 2. The second-order valence-corrected chi connectivity index (χ2v) is 12.8. The molecule has 21 nitrogen and oxygen atoms in total. The summed E-state index contributed by atoms with van der Waals surface area (Å²) < 4.78 is 42.7. The van der Waals surface area contributed by atoms with Gasteiger partial charge in [0.1, 0.15) is 5.82 Å². The number of carboxylic acid groups (broad SMARTS) is 1. The predicted octanol–water partition coefficient (Wildman–Crippen LogP) is -9.12. The van der Waals surface area contributed by atoms with Gasteiger partial charge in [0.25, 0.3) is 0 Å². The van der Waals surface area contributed by atoms with Crippen LogP contribution in [0.2, 0.25) is 0 Å². The number of aliphatic hydroxyl groups is 5. The number of hydrogen-bond donors (Lipinski definition) is 11. The van der Waals surface area contributed by atoms with Gasteiger partial charge in [-0.1, -0.05) is 0 Å². The summed E-state index contributed by atoms with van der Waals surface area (Å²) in [6, 6.07) is 1.15. The predicted molar refractivity (Wildman–Crippen MR) is 131 cm³/mol. The molecule has 2 fully saturated rings. The summed E-state index contributed by atoms with van der Waals surface area (Å²) in [4.78, 5) is 50.2. The Bertz CT molecular complexity index is 1260. The fraction of sp³-hybridized carbons (Fsp3) is 0.700. The van der Waals surface area contributed by atoms with E-state index in [9.17, 15) is 57.9 Å². The summed E-state index contributed by atoms with van der Waals surface area (Å²) in [6.07, 6.45) is -13.1. The van der Waals surface area contributed by atoms with Crippen molar-refractivity contribution in [2.45, 2.75) is 59.2 Å². The number of ether oxygens (including phenoxy) is 2. The molecule has 3 rings (SSSR count). The molecule has 0 saturated carbocycles. The first-order chi connectivity index (χ1) is 20.1. The Balaban J connectivity index is 1.88. The number of hydrogen-bond acceptors (Lipinski definition) is 17. The number of rotatable bonds is 13. The van der Waals surface area contributed by atoms with Crippen molar-refractivity contribution in [2.75, 3.05) is 25.4 Å². The third kappa shape index (κ3) is 8.04. The number of alkyl halides is 1. The van der Waals surface area contributed by atoms with Crippen molar-refractivity contribution >= 4 is 25.5 Å². The van der Waals surface area contributed by atoms with Gasteiger partial charge in [0.05, 0.1) is 0 Å². The van der Waals surface area contributed by atoms with Crippen LogP contribution < -0.4 is 44.1 Å². The SMILES string of the molecule is NCC(=O)NC[C@@H]1C(O)C[C@@](OP(=O)(O)O[C@H]2O[C@@H](n3ccc(N)nc3=O)[C@@H](O)[C@H]2O)(C(=O)O)OC1C([I-]O)[C@H](O)CO. The third-order valence-corrected chi connectivity index (χ3v) is 9.75. The number of phosphoric acid groups is 1. The van der Waals surface area contributed by atoms with Crippen LogP contribution in [0, 0.1) is 5.92 Å². The van der Waals surface area contributed by atoms with Crippen LogP contribution in [0.15, 0.2) is 17.1 Å². The van der Waals surface area contributed by atoms with Gasteiger partial charge in [-0.15, -0.1) is 0 Å². The summed E-state index contributed by atoms with van der Waals surface area (Å²) >= 11 is -2.08. The standard InChI is InChI=1S/C20H32IN5O16P/c22-4-11(30)24-5-7-8(28)3-20(18(33)34,40-15(7)12(21-36)9(29)6-27)42-43(37,38)41-17-14(32)13(31)16(39-17)26-2-1-10(23)25-19(26)35/h1-2,7-9,12-17,27-29,31-32,36H,3-6,22H2,(H,24,30)(H,33,34)(H,37,38)(H2,23,25,35)/q-1/t7-,8?,9-,12?,13+,14-,15?,16-,17-,20-/m1/s1. The summed E-state index contributed by atoms with van der Waals surface area (Å²) in [6.45, 7) is -1.80. The van der Waals surface area contributed by atoms with Gasteiger partial charge in [-0.2, -0.15) is 4.98 Å². The Hall–Kier alpha value is -1.90. The van der Waals surface area contributed by atoms with Crippen LogP contribution in [-0.4, -0.2) is 127 Å². The number of carbonyl (C=O) groups excluding carboxylic acids is 1. The maximum atomic E-state index is 13.0. The number of aliphatic carboxylic acids is 1. The molecule has 2 aliphatic heterocycles. The van der Waals surface area contributed by atoms with Gasteiger partial charge in [-0.3, -0.25) is 0 Å². The van der Waals surface area contributed by atoms with Gasteiger partial charge in [-0.25, -0.2) is 4.79 Å². The van der Waals surface area contributed by atoms with Crippen LogP contribution in [0.1, 0.15) is 12.6 Å². The second-order valence-electron chi connectivity index (χ2n) is 9.46. The Kier molecular flexibility index (Phi) is 12.0. The van der Waals surface area contributed by atoms with E-state index in [0.717, 1.165) is 12.3 Å². The molecule has 0 aliphatic carbocycles. The van der Waals surface area contributed by atoms with Gasteiger partial charge < -0.3 is 5.73 Å². The number of nitrogens with one attached hydrogen (secondary N) is 1. The van der Waals surface area contributed by atoms with Gasteiger partial charge in [0.2, 0.25) is 0 Å². The minimum atomic E-state index is -5.70. The number of nitrogen functional groups attached to an aromatic ring is 1. The van der Waals surface area contributed by atoms with Crippen molar-refractivity contribution in [1.82, 2.24) is 14.9 Å². The number of nitrogens with zero attached hydrogens (tertiary/aromatic N) is 2. The monoisotopic (exact) mass is 756 g/mol. The van der Waals surface area contributed by atoms with Crippen LogP contribution in [0.3, 0.4) is 0 Å². The number of carbonyl (C=O) groups is 2. The van der Waals surface area contributed by atoms with E-state index in [-0.39, 0.29) is 5.82 Å².